The maximum atomic E-state index is 4.88. The molecule has 0 bridgehead atoms. The zero-order valence-corrected chi connectivity index (χ0v) is 14.0. The summed E-state index contributed by atoms with van der Waals surface area (Å²) in [5.41, 5.74) is 9.05. The highest BCUT2D eigenvalue weighted by atomic mass is 32.1. The molecule has 0 saturated heterocycles. The van der Waals surface area contributed by atoms with Gasteiger partial charge in [-0.3, -0.25) is 4.98 Å². The summed E-state index contributed by atoms with van der Waals surface area (Å²) in [6.45, 7) is 8.52. The molecule has 0 aliphatic carbocycles. The molecular formula is C18H17N3S. The lowest BCUT2D eigenvalue weighted by Gasteiger charge is -2.05. The van der Waals surface area contributed by atoms with Crippen LogP contribution in [0.25, 0.3) is 27.9 Å². The van der Waals surface area contributed by atoms with Crippen LogP contribution in [0.2, 0.25) is 0 Å². The van der Waals surface area contributed by atoms with Crippen molar-refractivity contribution in [3.63, 3.8) is 0 Å². The Morgan fingerprint density at radius 2 is 1.73 bits per heavy atom. The average molecular weight is 307 g/mol. The first kappa shape index (κ1) is 13.5. The zero-order chi connectivity index (χ0) is 15.4. The molecule has 0 atom stereocenters. The number of fused-ring (bicyclic) bond motifs is 3. The Bertz CT molecular complexity index is 1000. The molecule has 0 radical (unpaired) electrons. The molecule has 3 nitrogen and oxygen atoms in total. The molecule has 0 aliphatic rings. The van der Waals surface area contributed by atoms with Crippen LogP contribution in [0.1, 0.15) is 21.6 Å². The molecule has 0 unspecified atom stereocenters. The monoisotopic (exact) mass is 307 g/mol. The van der Waals surface area contributed by atoms with Gasteiger partial charge in [0, 0.05) is 22.2 Å². The van der Waals surface area contributed by atoms with Gasteiger partial charge in [-0.1, -0.05) is 28.7 Å². The van der Waals surface area contributed by atoms with Crippen LogP contribution in [0.4, 0.5) is 0 Å². The van der Waals surface area contributed by atoms with E-state index < -0.39 is 0 Å². The number of aromatic nitrogens is 3. The molecule has 1 aromatic carbocycles. The van der Waals surface area contributed by atoms with E-state index in [4.69, 9.17) is 4.98 Å². The van der Waals surface area contributed by atoms with E-state index in [0.717, 1.165) is 27.9 Å². The Kier molecular flexibility index (Phi) is 2.84. The number of benzene rings is 1. The maximum Gasteiger partial charge on any atom is 0.151 e. The van der Waals surface area contributed by atoms with Gasteiger partial charge in [-0.2, -0.15) is 0 Å². The summed E-state index contributed by atoms with van der Waals surface area (Å²) in [5.74, 6) is 0. The average Bonchev–Trinajstić information content (AvgIpc) is 2.96. The molecule has 0 saturated carbocycles. The van der Waals surface area contributed by atoms with E-state index in [1.165, 1.54) is 21.6 Å². The molecule has 4 aromatic rings. The summed E-state index contributed by atoms with van der Waals surface area (Å²) in [6.07, 6.45) is 1.88. The Morgan fingerprint density at radius 3 is 2.45 bits per heavy atom. The van der Waals surface area contributed by atoms with E-state index >= 15 is 0 Å². The lowest BCUT2D eigenvalue weighted by molar-refractivity contribution is 1.31. The topological polar surface area (TPSA) is 30.2 Å². The van der Waals surface area contributed by atoms with Gasteiger partial charge in [-0.25, -0.2) is 8.77 Å². The molecule has 4 heteroatoms. The van der Waals surface area contributed by atoms with Crippen molar-refractivity contribution in [3.05, 3.63) is 52.0 Å². The first-order chi connectivity index (χ1) is 10.5. The molecule has 0 aliphatic heterocycles. The van der Waals surface area contributed by atoms with E-state index in [1.807, 2.05) is 6.20 Å². The van der Waals surface area contributed by atoms with E-state index in [-0.39, 0.29) is 0 Å². The third-order valence-electron chi connectivity index (χ3n) is 4.12. The van der Waals surface area contributed by atoms with Gasteiger partial charge in [0.05, 0.1) is 11.2 Å². The quantitative estimate of drug-likeness (QED) is 0.503. The number of pyridine rings is 1. The second kappa shape index (κ2) is 4.65. The third-order valence-corrected chi connectivity index (χ3v) is 5.25. The molecule has 0 spiro atoms. The van der Waals surface area contributed by atoms with Crippen molar-refractivity contribution < 1.29 is 0 Å². The fraction of sp³-hybridized carbons (Fsp3) is 0.222. The van der Waals surface area contributed by atoms with Gasteiger partial charge in [-0.05, 0) is 45.9 Å². The van der Waals surface area contributed by atoms with Crippen LogP contribution >= 0.6 is 11.5 Å². The standard InChI is InChI=1S/C18H17N3S/c1-10-7-11(2)9-14(8-10)16-17-15(5-6-19-16)21-18(20-17)12(3)13(4)22-21/h5-9H,1-4H3. The summed E-state index contributed by atoms with van der Waals surface area (Å²) in [7, 11) is 0. The summed E-state index contributed by atoms with van der Waals surface area (Å²) >= 11 is 1.75. The number of hydrogen-bond donors (Lipinski definition) is 0. The van der Waals surface area contributed by atoms with Crippen molar-refractivity contribution in [2.75, 3.05) is 0 Å². The van der Waals surface area contributed by atoms with Gasteiger partial charge < -0.3 is 0 Å². The number of rotatable bonds is 1. The van der Waals surface area contributed by atoms with Crippen molar-refractivity contribution in [1.82, 2.24) is 13.8 Å². The molecule has 110 valence electrons. The summed E-state index contributed by atoms with van der Waals surface area (Å²) in [4.78, 5) is 10.8. The van der Waals surface area contributed by atoms with Gasteiger partial charge in [-0.15, -0.1) is 0 Å². The summed E-state index contributed by atoms with van der Waals surface area (Å²) in [6, 6.07) is 8.60. The SMILES string of the molecule is Cc1cc(C)cc(-c2nccc3c2nc2c(C)c(C)sn23)c1. The highest BCUT2D eigenvalue weighted by molar-refractivity contribution is 7.07. The van der Waals surface area contributed by atoms with Crippen molar-refractivity contribution in [2.45, 2.75) is 27.7 Å². The molecule has 0 fully saturated rings. The fourth-order valence-electron chi connectivity index (χ4n) is 3.00. The van der Waals surface area contributed by atoms with Gasteiger partial charge in [0.2, 0.25) is 0 Å². The first-order valence-corrected chi connectivity index (χ1v) is 8.14. The minimum Gasteiger partial charge on any atom is -0.254 e. The van der Waals surface area contributed by atoms with Crippen LogP contribution in [0.15, 0.2) is 30.5 Å². The van der Waals surface area contributed by atoms with E-state index in [9.17, 15) is 0 Å². The molecule has 0 amide bonds. The largest absolute Gasteiger partial charge is 0.254 e. The van der Waals surface area contributed by atoms with Crippen molar-refractivity contribution in [1.29, 1.82) is 0 Å². The van der Waals surface area contributed by atoms with Crippen LogP contribution < -0.4 is 0 Å². The second-order valence-electron chi connectivity index (χ2n) is 5.91. The molecule has 22 heavy (non-hydrogen) atoms. The highest BCUT2D eigenvalue weighted by Gasteiger charge is 2.16. The van der Waals surface area contributed by atoms with E-state index in [2.05, 4.69) is 60.7 Å². The normalized spacial score (nSPS) is 11.6. The number of nitrogens with zero attached hydrogens (tertiary/aromatic N) is 3. The van der Waals surface area contributed by atoms with Crippen molar-refractivity contribution in [2.24, 2.45) is 0 Å². The third kappa shape index (κ3) is 1.87. The number of aryl methyl sites for hydroxylation is 4. The molecule has 3 heterocycles. The zero-order valence-electron chi connectivity index (χ0n) is 13.1. The Labute approximate surface area is 133 Å². The van der Waals surface area contributed by atoms with Gasteiger partial charge in [0.1, 0.15) is 5.52 Å². The lowest BCUT2D eigenvalue weighted by atomic mass is 10.0. The molecule has 0 N–H and O–H groups in total. The highest BCUT2D eigenvalue weighted by Crippen LogP contribution is 2.32. The fourth-order valence-corrected chi connectivity index (χ4v) is 4.01. The minimum atomic E-state index is 0.970. The van der Waals surface area contributed by atoms with Gasteiger partial charge in [0.15, 0.2) is 5.65 Å². The van der Waals surface area contributed by atoms with Crippen LogP contribution in [0.5, 0.6) is 0 Å². The van der Waals surface area contributed by atoms with E-state index in [0.29, 0.717) is 0 Å². The first-order valence-electron chi connectivity index (χ1n) is 7.37. The van der Waals surface area contributed by atoms with Gasteiger partial charge >= 0.3 is 0 Å². The maximum absolute atomic E-state index is 4.88. The predicted molar refractivity (Wildman–Crippen MR) is 92.8 cm³/mol. The van der Waals surface area contributed by atoms with Crippen LogP contribution in [-0.2, 0) is 0 Å². The van der Waals surface area contributed by atoms with Crippen molar-refractivity contribution >= 4 is 28.2 Å². The second-order valence-corrected chi connectivity index (χ2v) is 7.07. The minimum absolute atomic E-state index is 0.970. The molecule has 3 aromatic heterocycles. The Balaban J connectivity index is 2.08. The smallest absolute Gasteiger partial charge is 0.151 e. The van der Waals surface area contributed by atoms with Crippen LogP contribution in [-0.4, -0.2) is 13.8 Å². The lowest BCUT2D eigenvalue weighted by Crippen LogP contribution is -1.88. The van der Waals surface area contributed by atoms with Crippen LogP contribution in [0, 0.1) is 27.7 Å². The summed E-state index contributed by atoms with van der Waals surface area (Å²) < 4.78 is 2.22. The Morgan fingerprint density at radius 1 is 1.00 bits per heavy atom. The molecular weight excluding hydrogens is 290 g/mol. The van der Waals surface area contributed by atoms with Crippen molar-refractivity contribution in [3.8, 4) is 11.3 Å². The predicted octanol–water partition coefficient (Wildman–Crippen LogP) is 4.84. The van der Waals surface area contributed by atoms with E-state index in [1.54, 1.807) is 11.5 Å². The Hall–Kier alpha value is -2.20. The number of imidazole rings is 1. The van der Waals surface area contributed by atoms with Crippen LogP contribution in [0.3, 0.4) is 0 Å². The molecule has 4 rings (SSSR count). The van der Waals surface area contributed by atoms with Gasteiger partial charge in [0.25, 0.3) is 0 Å². The summed E-state index contributed by atoms with van der Waals surface area (Å²) in [5, 5.41) is 0. The number of hydrogen-bond acceptors (Lipinski definition) is 3.